The van der Waals surface area contributed by atoms with Gasteiger partial charge in [-0.3, -0.25) is 4.79 Å². The first-order valence-electron chi connectivity index (χ1n) is 6.47. The lowest BCUT2D eigenvalue weighted by atomic mass is 10.3. The molecule has 0 atom stereocenters. The Hall–Kier alpha value is -2.57. The summed E-state index contributed by atoms with van der Waals surface area (Å²) >= 11 is 0. The number of nitrogens with one attached hydrogen (secondary N) is 2. The van der Waals surface area contributed by atoms with Gasteiger partial charge in [0.25, 0.3) is 5.91 Å². The zero-order valence-electron chi connectivity index (χ0n) is 10.9. The van der Waals surface area contributed by atoms with Gasteiger partial charge in [-0.25, -0.2) is 18.7 Å². The highest BCUT2D eigenvalue weighted by Crippen LogP contribution is 2.23. The summed E-state index contributed by atoms with van der Waals surface area (Å²) in [4.78, 5) is 20.0. The fourth-order valence-electron chi connectivity index (χ4n) is 1.73. The van der Waals surface area contributed by atoms with Gasteiger partial charge in [0.05, 0.1) is 12.4 Å². The Balaban J connectivity index is 1.67. The van der Waals surface area contributed by atoms with Gasteiger partial charge in [0, 0.05) is 17.8 Å². The summed E-state index contributed by atoms with van der Waals surface area (Å²) in [5.41, 5.74) is 0.252. The van der Waals surface area contributed by atoms with E-state index in [-0.39, 0.29) is 11.4 Å². The van der Waals surface area contributed by atoms with E-state index in [4.69, 9.17) is 0 Å². The van der Waals surface area contributed by atoms with Gasteiger partial charge in [-0.15, -0.1) is 0 Å². The van der Waals surface area contributed by atoms with Crippen LogP contribution in [0.2, 0.25) is 0 Å². The van der Waals surface area contributed by atoms with Gasteiger partial charge in [0.1, 0.15) is 11.5 Å². The number of aromatic nitrogens is 2. The van der Waals surface area contributed by atoms with Gasteiger partial charge in [0.15, 0.2) is 11.6 Å². The quantitative estimate of drug-likeness (QED) is 0.908. The molecule has 0 bridgehead atoms. The molecule has 1 heterocycles. The highest BCUT2D eigenvalue weighted by Gasteiger charge is 2.21. The van der Waals surface area contributed by atoms with Gasteiger partial charge < -0.3 is 10.6 Å². The number of halogens is 2. The van der Waals surface area contributed by atoms with Crippen molar-refractivity contribution in [3.63, 3.8) is 0 Å². The number of carbonyl (C=O) groups is 1. The fourth-order valence-corrected chi connectivity index (χ4v) is 1.73. The van der Waals surface area contributed by atoms with Crippen LogP contribution in [0.15, 0.2) is 30.6 Å². The van der Waals surface area contributed by atoms with E-state index in [0.29, 0.717) is 11.9 Å². The first kappa shape index (κ1) is 13.4. The Kier molecular flexibility index (Phi) is 3.47. The van der Waals surface area contributed by atoms with Crippen molar-refractivity contribution in [3.8, 4) is 0 Å². The number of nitrogens with zero attached hydrogens (tertiary/aromatic N) is 2. The Labute approximate surface area is 119 Å². The van der Waals surface area contributed by atoms with Crippen molar-refractivity contribution >= 4 is 17.4 Å². The Morgan fingerprint density at radius 2 is 1.95 bits per heavy atom. The van der Waals surface area contributed by atoms with Crippen molar-refractivity contribution in [1.82, 2.24) is 9.97 Å². The van der Waals surface area contributed by atoms with Crippen molar-refractivity contribution in [1.29, 1.82) is 0 Å². The molecule has 0 saturated heterocycles. The average Bonchev–Trinajstić information content (AvgIpc) is 3.28. The van der Waals surface area contributed by atoms with Crippen molar-refractivity contribution < 1.29 is 13.6 Å². The lowest BCUT2D eigenvalue weighted by molar-refractivity contribution is 0.102. The minimum absolute atomic E-state index is 0.0982. The summed E-state index contributed by atoms with van der Waals surface area (Å²) in [6.45, 7) is 0. The number of amides is 1. The van der Waals surface area contributed by atoms with E-state index in [2.05, 4.69) is 20.6 Å². The predicted molar refractivity (Wildman–Crippen MR) is 73.0 cm³/mol. The second kappa shape index (κ2) is 5.43. The molecule has 2 N–H and O–H groups in total. The summed E-state index contributed by atoms with van der Waals surface area (Å²) in [7, 11) is 0. The Bertz CT molecular complexity index is 671. The Morgan fingerprint density at radius 3 is 2.57 bits per heavy atom. The molecule has 1 fully saturated rings. The minimum atomic E-state index is -1.03. The first-order chi connectivity index (χ1) is 10.1. The number of hydrogen-bond acceptors (Lipinski definition) is 4. The molecule has 1 aliphatic rings. The molecule has 1 saturated carbocycles. The molecule has 1 aliphatic carbocycles. The van der Waals surface area contributed by atoms with Gasteiger partial charge in [-0.2, -0.15) is 0 Å². The highest BCUT2D eigenvalue weighted by atomic mass is 19.2. The Morgan fingerprint density at radius 1 is 1.14 bits per heavy atom. The first-order valence-corrected chi connectivity index (χ1v) is 6.47. The third-order valence-electron chi connectivity index (χ3n) is 2.99. The third kappa shape index (κ3) is 3.31. The standard InChI is InChI=1S/C14H12F2N4O/c15-10-4-3-9(5-11(10)16)20-14(21)12-6-18-13(7-17-12)19-8-1-2-8/h3-8H,1-2H2,(H,18,19)(H,20,21). The number of anilines is 2. The molecule has 0 aliphatic heterocycles. The maximum Gasteiger partial charge on any atom is 0.275 e. The van der Waals surface area contributed by atoms with E-state index >= 15 is 0 Å². The van der Waals surface area contributed by atoms with Crippen LogP contribution in [0.3, 0.4) is 0 Å². The molecule has 1 aromatic heterocycles. The highest BCUT2D eigenvalue weighted by molar-refractivity contribution is 6.02. The zero-order valence-corrected chi connectivity index (χ0v) is 10.9. The predicted octanol–water partition coefficient (Wildman–Crippen LogP) is 2.58. The number of hydrogen-bond donors (Lipinski definition) is 2. The molecule has 7 heteroatoms. The van der Waals surface area contributed by atoms with Crippen molar-refractivity contribution in [2.45, 2.75) is 18.9 Å². The summed E-state index contributed by atoms with van der Waals surface area (Å²) in [5, 5.41) is 5.58. The maximum atomic E-state index is 13.0. The molecule has 0 unspecified atom stereocenters. The largest absolute Gasteiger partial charge is 0.366 e. The van der Waals surface area contributed by atoms with Gasteiger partial charge in [-0.1, -0.05) is 0 Å². The molecular weight excluding hydrogens is 278 g/mol. The molecule has 1 aromatic carbocycles. The van der Waals surface area contributed by atoms with Crippen LogP contribution < -0.4 is 10.6 Å². The molecular formula is C14H12F2N4O. The van der Waals surface area contributed by atoms with Crippen LogP contribution in [0.5, 0.6) is 0 Å². The molecule has 0 spiro atoms. The van der Waals surface area contributed by atoms with Crippen LogP contribution in [0.4, 0.5) is 20.3 Å². The second-order valence-electron chi connectivity index (χ2n) is 4.79. The molecule has 21 heavy (non-hydrogen) atoms. The minimum Gasteiger partial charge on any atom is -0.366 e. The van der Waals surface area contributed by atoms with Crippen LogP contribution in [-0.2, 0) is 0 Å². The van der Waals surface area contributed by atoms with E-state index < -0.39 is 17.5 Å². The van der Waals surface area contributed by atoms with E-state index in [1.807, 2.05) is 0 Å². The smallest absolute Gasteiger partial charge is 0.275 e. The van der Waals surface area contributed by atoms with Gasteiger partial charge in [0.2, 0.25) is 0 Å². The van der Waals surface area contributed by atoms with Crippen LogP contribution in [0.1, 0.15) is 23.3 Å². The normalized spacial score (nSPS) is 13.8. The van der Waals surface area contributed by atoms with Crippen molar-refractivity contribution in [3.05, 3.63) is 47.9 Å². The molecule has 3 rings (SSSR count). The van der Waals surface area contributed by atoms with Crippen LogP contribution in [0.25, 0.3) is 0 Å². The number of benzene rings is 1. The van der Waals surface area contributed by atoms with Gasteiger partial charge in [-0.05, 0) is 25.0 Å². The lowest BCUT2D eigenvalue weighted by Crippen LogP contribution is -2.15. The second-order valence-corrected chi connectivity index (χ2v) is 4.79. The summed E-state index contributed by atoms with van der Waals surface area (Å²) in [5.74, 6) is -1.92. The topological polar surface area (TPSA) is 66.9 Å². The van der Waals surface area contributed by atoms with E-state index in [0.717, 1.165) is 25.0 Å². The van der Waals surface area contributed by atoms with Crippen molar-refractivity contribution in [2.75, 3.05) is 10.6 Å². The van der Waals surface area contributed by atoms with Crippen molar-refractivity contribution in [2.24, 2.45) is 0 Å². The monoisotopic (exact) mass is 290 g/mol. The zero-order chi connectivity index (χ0) is 14.8. The third-order valence-corrected chi connectivity index (χ3v) is 2.99. The molecule has 1 amide bonds. The summed E-state index contributed by atoms with van der Waals surface area (Å²) in [6, 6.07) is 3.57. The van der Waals surface area contributed by atoms with Crippen LogP contribution in [-0.4, -0.2) is 21.9 Å². The van der Waals surface area contributed by atoms with E-state index in [1.54, 1.807) is 0 Å². The summed E-state index contributed by atoms with van der Waals surface area (Å²) < 4.78 is 25.8. The maximum absolute atomic E-state index is 13.0. The molecule has 108 valence electrons. The number of carbonyl (C=O) groups excluding carboxylic acids is 1. The summed E-state index contributed by atoms with van der Waals surface area (Å²) in [6.07, 6.45) is 5.03. The van der Waals surface area contributed by atoms with E-state index in [9.17, 15) is 13.6 Å². The SMILES string of the molecule is O=C(Nc1ccc(F)c(F)c1)c1cnc(NC2CC2)cn1. The molecule has 2 aromatic rings. The fraction of sp³-hybridized carbons (Fsp3) is 0.214. The lowest BCUT2D eigenvalue weighted by Gasteiger charge is -2.06. The average molecular weight is 290 g/mol. The van der Waals surface area contributed by atoms with Gasteiger partial charge >= 0.3 is 0 Å². The van der Waals surface area contributed by atoms with E-state index in [1.165, 1.54) is 18.5 Å². The van der Waals surface area contributed by atoms with Crippen LogP contribution in [0, 0.1) is 11.6 Å². The van der Waals surface area contributed by atoms with Crippen LogP contribution >= 0.6 is 0 Å². The number of rotatable bonds is 4. The molecule has 5 nitrogen and oxygen atoms in total. The molecule has 0 radical (unpaired) electrons.